The molecule has 0 aliphatic heterocycles. The maximum atomic E-state index is 13.7. The Morgan fingerprint density at radius 3 is 1.49 bits per heavy atom. The molecule has 55 heavy (non-hydrogen) atoms. The summed E-state index contributed by atoms with van der Waals surface area (Å²) in [6.07, 6.45) is -4.43. The Labute approximate surface area is 318 Å². The first-order valence-corrected chi connectivity index (χ1v) is 18.4. The van der Waals surface area contributed by atoms with Crippen molar-refractivity contribution in [2.45, 2.75) is 20.0 Å². The maximum Gasteiger partial charge on any atom is 0.416 e. The van der Waals surface area contributed by atoms with Crippen LogP contribution in [-0.4, -0.2) is 0 Å². The van der Waals surface area contributed by atoms with Gasteiger partial charge in [0.1, 0.15) is 0 Å². The van der Waals surface area contributed by atoms with Gasteiger partial charge in [-0.15, -0.1) is 0 Å². The lowest BCUT2D eigenvalue weighted by Crippen LogP contribution is -2.11. The average molecular weight is 720 g/mol. The van der Waals surface area contributed by atoms with Gasteiger partial charge in [0.2, 0.25) is 0 Å². The van der Waals surface area contributed by atoms with Gasteiger partial charge in [0.15, 0.2) is 0 Å². The summed E-state index contributed by atoms with van der Waals surface area (Å²) in [5.41, 5.74) is 10.7. The van der Waals surface area contributed by atoms with Crippen LogP contribution in [0.2, 0.25) is 0 Å². The number of hydrogen-bond acceptors (Lipinski definition) is 1. The number of rotatable bonds is 6. The molecule has 0 aliphatic rings. The molecule has 0 N–H and O–H groups in total. The van der Waals surface area contributed by atoms with E-state index in [4.69, 9.17) is 0 Å². The fourth-order valence-electron chi connectivity index (χ4n) is 8.20. The molecule has 9 aromatic carbocycles. The van der Waals surface area contributed by atoms with Crippen molar-refractivity contribution >= 4 is 49.4 Å². The zero-order valence-corrected chi connectivity index (χ0v) is 30.4. The van der Waals surface area contributed by atoms with Crippen molar-refractivity contribution in [3.8, 4) is 33.4 Å². The molecule has 0 amide bonds. The number of fused-ring (bicyclic) bond motifs is 6. The first-order valence-electron chi connectivity index (χ1n) is 18.4. The number of benzene rings is 9. The summed E-state index contributed by atoms with van der Waals surface area (Å²) in [6.45, 7) is 4.09. The van der Waals surface area contributed by atoms with E-state index in [9.17, 15) is 13.2 Å². The van der Waals surface area contributed by atoms with Crippen molar-refractivity contribution in [2.75, 3.05) is 4.90 Å². The molecule has 9 aromatic rings. The molecule has 0 spiro atoms. The van der Waals surface area contributed by atoms with E-state index in [1.165, 1.54) is 5.39 Å². The van der Waals surface area contributed by atoms with Gasteiger partial charge in [-0.25, -0.2) is 0 Å². The highest BCUT2D eigenvalue weighted by Gasteiger charge is 2.30. The Hall–Kier alpha value is -6.65. The summed E-state index contributed by atoms with van der Waals surface area (Å²) in [4.78, 5) is 2.06. The lowest BCUT2D eigenvalue weighted by Gasteiger charge is -2.28. The summed E-state index contributed by atoms with van der Waals surface area (Å²) in [5.74, 6) is 0. The van der Waals surface area contributed by atoms with E-state index in [2.05, 4.69) is 157 Å². The van der Waals surface area contributed by atoms with Crippen LogP contribution in [0.3, 0.4) is 0 Å². The number of halogens is 3. The minimum Gasteiger partial charge on any atom is -0.310 e. The monoisotopic (exact) mass is 719 g/mol. The third-order valence-corrected chi connectivity index (χ3v) is 10.5. The molecule has 9 rings (SSSR count). The minimum absolute atomic E-state index is 0.644. The van der Waals surface area contributed by atoms with Crippen molar-refractivity contribution in [2.24, 2.45) is 0 Å². The topological polar surface area (TPSA) is 3.24 Å². The molecule has 0 bridgehead atoms. The van der Waals surface area contributed by atoms with Crippen molar-refractivity contribution in [3.05, 3.63) is 199 Å². The van der Waals surface area contributed by atoms with Crippen LogP contribution in [0.4, 0.5) is 30.2 Å². The van der Waals surface area contributed by atoms with Gasteiger partial charge >= 0.3 is 6.18 Å². The molecule has 0 unspecified atom stereocenters. The zero-order valence-electron chi connectivity index (χ0n) is 30.4. The fourth-order valence-corrected chi connectivity index (χ4v) is 8.20. The van der Waals surface area contributed by atoms with Crippen LogP contribution in [0.1, 0.15) is 16.7 Å². The first-order chi connectivity index (χ1) is 26.7. The smallest absolute Gasteiger partial charge is 0.310 e. The molecule has 0 saturated heterocycles. The predicted octanol–water partition coefficient (Wildman–Crippen LogP) is 15.3. The van der Waals surface area contributed by atoms with Gasteiger partial charge in [-0.2, -0.15) is 13.2 Å². The van der Waals surface area contributed by atoms with Gasteiger partial charge in [0.25, 0.3) is 0 Å². The molecule has 0 aromatic heterocycles. The summed E-state index contributed by atoms with van der Waals surface area (Å²) in [7, 11) is 0. The summed E-state index contributed by atoms with van der Waals surface area (Å²) >= 11 is 0. The normalized spacial score (nSPS) is 11.7. The molecular formula is C51H36F3N. The van der Waals surface area contributed by atoms with E-state index in [0.717, 1.165) is 94.9 Å². The minimum atomic E-state index is -4.43. The van der Waals surface area contributed by atoms with Crippen molar-refractivity contribution in [1.29, 1.82) is 0 Å². The quantitative estimate of drug-likeness (QED) is 0.155. The summed E-state index contributed by atoms with van der Waals surface area (Å²) in [6, 6.07) is 61.0. The van der Waals surface area contributed by atoms with Crippen LogP contribution < -0.4 is 4.90 Å². The van der Waals surface area contributed by atoms with Gasteiger partial charge in [-0.1, -0.05) is 127 Å². The highest BCUT2D eigenvalue weighted by molar-refractivity contribution is 6.33. The van der Waals surface area contributed by atoms with Gasteiger partial charge < -0.3 is 4.90 Å². The molecule has 0 aliphatic carbocycles. The van der Waals surface area contributed by atoms with E-state index >= 15 is 0 Å². The van der Waals surface area contributed by atoms with Crippen molar-refractivity contribution in [3.63, 3.8) is 0 Å². The molecule has 0 saturated carbocycles. The fraction of sp³-hybridized carbons (Fsp3) is 0.0588. The number of hydrogen-bond donors (Lipinski definition) is 0. The molecule has 0 atom stereocenters. The van der Waals surface area contributed by atoms with E-state index in [0.29, 0.717) is 5.69 Å². The van der Waals surface area contributed by atoms with Crippen molar-refractivity contribution in [1.82, 2.24) is 0 Å². The van der Waals surface area contributed by atoms with Crippen LogP contribution in [0, 0.1) is 13.8 Å². The van der Waals surface area contributed by atoms with E-state index in [1.54, 1.807) is 12.1 Å². The predicted molar refractivity (Wildman–Crippen MR) is 224 cm³/mol. The summed E-state index contributed by atoms with van der Waals surface area (Å²) < 4.78 is 41.2. The highest BCUT2D eigenvalue weighted by Crippen LogP contribution is 2.50. The first kappa shape index (κ1) is 34.1. The third kappa shape index (κ3) is 6.20. The lowest BCUT2D eigenvalue weighted by atomic mass is 9.81. The maximum absolute atomic E-state index is 13.7. The standard InChI is InChI=1S/C51H36F3N/c1-33-28-34(2)30-41(29-33)55(39-24-22-38(23-25-39)51(52,53)54)40-26-27-44-47(31-40)42-20-12-13-21-43(42)49-46(36-16-8-4-9-17-36)32-45(35-14-6-3-7-15-35)48(50(44)49)37-18-10-5-11-19-37/h3-32H,1-2H3. The van der Waals surface area contributed by atoms with Gasteiger partial charge in [-0.05, 0) is 145 Å². The molecule has 266 valence electrons. The van der Waals surface area contributed by atoms with Crippen LogP contribution in [-0.2, 0) is 6.18 Å². The largest absolute Gasteiger partial charge is 0.416 e. The second-order valence-corrected chi connectivity index (χ2v) is 14.2. The average Bonchev–Trinajstić information content (AvgIpc) is 3.21. The number of nitrogens with zero attached hydrogens (tertiary/aromatic N) is 1. The van der Waals surface area contributed by atoms with Crippen molar-refractivity contribution < 1.29 is 13.2 Å². The number of aryl methyl sites for hydroxylation is 2. The van der Waals surface area contributed by atoms with Crippen LogP contribution in [0.15, 0.2) is 182 Å². The Balaban J connectivity index is 1.42. The molecular weight excluding hydrogens is 684 g/mol. The SMILES string of the molecule is Cc1cc(C)cc(N(c2ccc(C(F)(F)F)cc2)c2ccc3c(c2)c2ccccc2c2c(-c4ccccc4)cc(-c4ccccc4)c(-c4ccccc4)c32)c1. The molecule has 0 fully saturated rings. The second kappa shape index (κ2) is 13.6. The Morgan fingerprint density at radius 1 is 0.382 bits per heavy atom. The van der Waals surface area contributed by atoms with Gasteiger partial charge in [-0.3, -0.25) is 0 Å². The van der Waals surface area contributed by atoms with E-state index < -0.39 is 11.7 Å². The van der Waals surface area contributed by atoms with Gasteiger partial charge in [0.05, 0.1) is 5.56 Å². The van der Waals surface area contributed by atoms with Crippen LogP contribution >= 0.6 is 0 Å². The number of anilines is 3. The summed E-state index contributed by atoms with van der Waals surface area (Å²) in [5, 5.41) is 6.71. The zero-order chi connectivity index (χ0) is 37.7. The Bertz CT molecular complexity index is 2820. The Kier molecular flexibility index (Phi) is 8.47. The number of alkyl halides is 3. The Morgan fingerprint density at radius 2 is 0.891 bits per heavy atom. The molecule has 1 nitrogen and oxygen atoms in total. The lowest BCUT2D eigenvalue weighted by molar-refractivity contribution is -0.137. The second-order valence-electron chi connectivity index (χ2n) is 14.2. The van der Waals surface area contributed by atoms with E-state index in [-0.39, 0.29) is 0 Å². The molecule has 0 radical (unpaired) electrons. The van der Waals surface area contributed by atoms with Gasteiger partial charge in [0, 0.05) is 17.1 Å². The molecule has 4 heteroatoms. The molecule has 0 heterocycles. The van der Waals surface area contributed by atoms with Crippen LogP contribution in [0.5, 0.6) is 0 Å². The van der Waals surface area contributed by atoms with Crippen LogP contribution in [0.25, 0.3) is 65.7 Å². The van der Waals surface area contributed by atoms with E-state index in [1.807, 2.05) is 19.9 Å². The third-order valence-electron chi connectivity index (χ3n) is 10.5. The highest BCUT2D eigenvalue weighted by atomic mass is 19.4.